The van der Waals surface area contributed by atoms with Crippen LogP contribution in [0.4, 0.5) is 11.4 Å². The van der Waals surface area contributed by atoms with Gasteiger partial charge in [-0.2, -0.15) is 0 Å². The van der Waals surface area contributed by atoms with E-state index in [2.05, 4.69) is 5.32 Å². The highest BCUT2D eigenvalue weighted by atomic mass is 35.5. The van der Waals surface area contributed by atoms with Crippen molar-refractivity contribution in [3.8, 4) is 0 Å². The van der Waals surface area contributed by atoms with Crippen LogP contribution in [0, 0.1) is 0 Å². The van der Waals surface area contributed by atoms with Crippen LogP contribution in [0.1, 0.15) is 17.3 Å². The Bertz CT molecular complexity index is 1320. The number of sulfonamides is 1. The number of nitrogens with zero attached hydrogens (tertiary/aromatic N) is 1. The van der Waals surface area contributed by atoms with Gasteiger partial charge in [-0.1, -0.05) is 53.0 Å². The summed E-state index contributed by atoms with van der Waals surface area (Å²) in [6.45, 7) is 1.30. The summed E-state index contributed by atoms with van der Waals surface area (Å²) in [4.78, 5) is 24.8. The molecule has 1 N–H and O–H groups in total. The Labute approximate surface area is 212 Å². The molecule has 3 aromatic rings. The van der Waals surface area contributed by atoms with Crippen molar-refractivity contribution in [1.29, 1.82) is 0 Å². The van der Waals surface area contributed by atoms with Gasteiger partial charge < -0.3 is 10.1 Å². The molecule has 0 saturated carbocycles. The molecule has 0 aliphatic rings. The van der Waals surface area contributed by atoms with Crippen molar-refractivity contribution >= 4 is 68.1 Å². The highest BCUT2D eigenvalue weighted by molar-refractivity contribution is 7.92. The van der Waals surface area contributed by atoms with Gasteiger partial charge in [-0.05, 0) is 55.5 Å². The van der Waals surface area contributed by atoms with E-state index in [1.54, 1.807) is 25.1 Å². The van der Waals surface area contributed by atoms with E-state index in [0.29, 0.717) is 0 Å². The number of esters is 1. The van der Waals surface area contributed by atoms with Crippen LogP contribution in [0.5, 0.6) is 0 Å². The van der Waals surface area contributed by atoms with Crippen molar-refractivity contribution in [2.45, 2.75) is 11.8 Å². The molecule has 3 aromatic carbocycles. The fourth-order valence-electron chi connectivity index (χ4n) is 2.97. The van der Waals surface area contributed by atoms with Crippen LogP contribution in [0.15, 0.2) is 71.6 Å². The van der Waals surface area contributed by atoms with Crippen LogP contribution in [0.25, 0.3) is 0 Å². The molecule has 0 fully saturated rings. The minimum Gasteiger partial charge on any atom is -0.462 e. The van der Waals surface area contributed by atoms with Gasteiger partial charge in [0.2, 0.25) is 5.91 Å². The van der Waals surface area contributed by atoms with E-state index in [4.69, 9.17) is 39.5 Å². The molecule has 0 aliphatic heterocycles. The topological polar surface area (TPSA) is 92.8 Å². The lowest BCUT2D eigenvalue weighted by atomic mass is 10.2. The first kappa shape index (κ1) is 25.8. The van der Waals surface area contributed by atoms with Crippen molar-refractivity contribution in [2.75, 3.05) is 22.8 Å². The lowest BCUT2D eigenvalue weighted by molar-refractivity contribution is -0.114. The van der Waals surface area contributed by atoms with E-state index in [9.17, 15) is 18.0 Å². The summed E-state index contributed by atoms with van der Waals surface area (Å²) in [6.07, 6.45) is 0. The zero-order valence-corrected chi connectivity index (χ0v) is 20.9. The SMILES string of the molecule is CCOC(=O)c1ccc(NC(=O)CN(c2ccc(Cl)c(Cl)c2)S(=O)(=O)c2ccccc2)cc1Cl. The molecule has 0 saturated heterocycles. The maximum absolute atomic E-state index is 13.3. The molecule has 0 unspecified atom stereocenters. The predicted octanol–water partition coefficient (Wildman–Crippen LogP) is 5.66. The summed E-state index contributed by atoms with van der Waals surface area (Å²) in [6, 6.07) is 16.2. The number of rotatable bonds is 8. The molecular formula is C23H19Cl3N2O5S. The number of amides is 1. The zero-order valence-electron chi connectivity index (χ0n) is 17.8. The van der Waals surface area contributed by atoms with Crippen molar-refractivity contribution in [3.05, 3.63) is 87.4 Å². The van der Waals surface area contributed by atoms with E-state index in [0.717, 1.165) is 4.31 Å². The average Bonchev–Trinajstić information content (AvgIpc) is 2.80. The van der Waals surface area contributed by atoms with E-state index in [1.165, 1.54) is 48.5 Å². The zero-order chi connectivity index (χ0) is 24.9. The molecule has 0 bridgehead atoms. The fourth-order valence-corrected chi connectivity index (χ4v) is 4.96. The molecule has 0 atom stereocenters. The van der Waals surface area contributed by atoms with Crippen LogP contribution in [0.3, 0.4) is 0 Å². The van der Waals surface area contributed by atoms with Crippen LogP contribution < -0.4 is 9.62 Å². The number of carbonyl (C=O) groups excluding carboxylic acids is 2. The highest BCUT2D eigenvalue weighted by Gasteiger charge is 2.27. The second kappa shape index (κ2) is 11.1. The molecule has 7 nitrogen and oxygen atoms in total. The summed E-state index contributed by atoms with van der Waals surface area (Å²) in [5.41, 5.74) is 0.573. The van der Waals surface area contributed by atoms with Crippen molar-refractivity contribution in [2.24, 2.45) is 0 Å². The molecule has 1 amide bonds. The summed E-state index contributed by atoms with van der Waals surface area (Å²) >= 11 is 18.2. The minimum atomic E-state index is -4.12. The molecule has 11 heteroatoms. The largest absolute Gasteiger partial charge is 0.462 e. The van der Waals surface area contributed by atoms with Gasteiger partial charge in [0, 0.05) is 5.69 Å². The fraction of sp³-hybridized carbons (Fsp3) is 0.130. The van der Waals surface area contributed by atoms with Gasteiger partial charge in [0.1, 0.15) is 6.54 Å². The van der Waals surface area contributed by atoms with E-state index in [1.807, 2.05) is 0 Å². The van der Waals surface area contributed by atoms with Crippen LogP contribution in [-0.4, -0.2) is 33.4 Å². The maximum Gasteiger partial charge on any atom is 0.339 e. The normalized spacial score (nSPS) is 11.1. The van der Waals surface area contributed by atoms with Gasteiger partial charge >= 0.3 is 5.97 Å². The molecule has 0 aromatic heterocycles. The third kappa shape index (κ3) is 6.01. The summed E-state index contributed by atoms with van der Waals surface area (Å²) in [5, 5.41) is 3.04. The summed E-state index contributed by atoms with van der Waals surface area (Å²) < 4.78 is 32.5. The molecule has 178 valence electrons. The first-order valence-electron chi connectivity index (χ1n) is 9.93. The van der Waals surface area contributed by atoms with Crippen molar-refractivity contribution in [3.63, 3.8) is 0 Å². The molecular weight excluding hydrogens is 523 g/mol. The van der Waals surface area contributed by atoms with Gasteiger partial charge in [0.25, 0.3) is 10.0 Å². The number of carbonyl (C=O) groups is 2. The van der Waals surface area contributed by atoms with E-state index < -0.39 is 28.4 Å². The standard InChI is InChI=1S/C23H19Cl3N2O5S/c1-2-33-23(30)18-10-8-15(12-20(18)25)27-22(29)14-28(16-9-11-19(24)21(26)13-16)34(31,32)17-6-4-3-5-7-17/h3-13H,2,14H2,1H3,(H,27,29). The van der Waals surface area contributed by atoms with Gasteiger partial charge in [-0.25, -0.2) is 13.2 Å². The quantitative estimate of drug-likeness (QED) is 0.372. The summed E-state index contributed by atoms with van der Waals surface area (Å²) in [7, 11) is -4.12. The average molecular weight is 542 g/mol. The second-order valence-corrected chi connectivity index (χ2v) is 9.97. The Kier molecular flexibility index (Phi) is 8.43. The minimum absolute atomic E-state index is 0.00398. The first-order valence-corrected chi connectivity index (χ1v) is 12.5. The predicted molar refractivity (Wildman–Crippen MR) is 133 cm³/mol. The molecule has 3 rings (SSSR count). The number of hydrogen-bond acceptors (Lipinski definition) is 5. The second-order valence-electron chi connectivity index (χ2n) is 6.89. The van der Waals surface area contributed by atoms with E-state index in [-0.39, 0.29) is 43.5 Å². The Balaban J connectivity index is 1.89. The highest BCUT2D eigenvalue weighted by Crippen LogP contribution is 2.30. The third-order valence-electron chi connectivity index (χ3n) is 4.56. The number of hydrogen-bond donors (Lipinski definition) is 1. The molecule has 0 radical (unpaired) electrons. The van der Waals surface area contributed by atoms with Gasteiger partial charge in [0.05, 0.1) is 37.8 Å². The molecule has 0 spiro atoms. The van der Waals surface area contributed by atoms with Gasteiger partial charge in [0.15, 0.2) is 0 Å². The van der Waals surface area contributed by atoms with Crippen LogP contribution in [0.2, 0.25) is 15.1 Å². The monoisotopic (exact) mass is 540 g/mol. The Morgan fingerprint density at radius 1 is 0.912 bits per heavy atom. The smallest absolute Gasteiger partial charge is 0.339 e. The maximum atomic E-state index is 13.3. The van der Waals surface area contributed by atoms with E-state index >= 15 is 0 Å². The van der Waals surface area contributed by atoms with Crippen molar-refractivity contribution < 1.29 is 22.7 Å². The van der Waals surface area contributed by atoms with Crippen LogP contribution >= 0.6 is 34.8 Å². The van der Waals surface area contributed by atoms with Gasteiger partial charge in [-0.3, -0.25) is 9.10 Å². The Morgan fingerprint density at radius 3 is 2.24 bits per heavy atom. The molecule has 0 aliphatic carbocycles. The number of halogens is 3. The lowest BCUT2D eigenvalue weighted by Crippen LogP contribution is -2.38. The number of nitrogens with one attached hydrogen (secondary N) is 1. The molecule has 34 heavy (non-hydrogen) atoms. The van der Waals surface area contributed by atoms with Gasteiger partial charge in [-0.15, -0.1) is 0 Å². The number of benzene rings is 3. The Morgan fingerprint density at radius 2 is 1.62 bits per heavy atom. The third-order valence-corrected chi connectivity index (χ3v) is 7.40. The lowest BCUT2D eigenvalue weighted by Gasteiger charge is -2.24. The van der Waals surface area contributed by atoms with Crippen LogP contribution in [-0.2, 0) is 19.6 Å². The number of ether oxygens (including phenoxy) is 1. The molecule has 0 heterocycles. The van der Waals surface area contributed by atoms with Crippen molar-refractivity contribution in [1.82, 2.24) is 0 Å². The summed E-state index contributed by atoms with van der Waals surface area (Å²) in [5.74, 6) is -1.24. The Hall–Kier alpha value is -2.78. The number of anilines is 2. The first-order chi connectivity index (χ1) is 16.1.